The second kappa shape index (κ2) is 5.69. The highest BCUT2D eigenvalue weighted by Crippen LogP contribution is 2.27. The molecule has 1 heterocycles. The number of hydrogen-bond donors (Lipinski definition) is 1. The van der Waals surface area contributed by atoms with Crippen molar-refractivity contribution < 1.29 is 10.6 Å². The van der Waals surface area contributed by atoms with Crippen molar-refractivity contribution in [3.8, 4) is 5.75 Å². The molecule has 3 nitrogen and oxygen atoms in total. The van der Waals surface area contributed by atoms with E-state index in [4.69, 9.17) is 4.74 Å². The molecule has 0 saturated heterocycles. The molecule has 1 aromatic carbocycles. The van der Waals surface area contributed by atoms with Crippen molar-refractivity contribution in [2.24, 2.45) is 0 Å². The Morgan fingerprint density at radius 1 is 1.32 bits per heavy atom. The normalized spacial score (nSPS) is 10.7. The van der Waals surface area contributed by atoms with Crippen LogP contribution in [0, 0.1) is 5.82 Å². The molecule has 0 bridgehead atoms. The van der Waals surface area contributed by atoms with Gasteiger partial charge in [-0.1, -0.05) is 26.0 Å². The number of nitrogens with one attached hydrogen (secondary N) is 1. The van der Waals surface area contributed by atoms with E-state index in [1.54, 1.807) is 18.2 Å². The summed E-state index contributed by atoms with van der Waals surface area (Å²) in [5.74, 6) is 0.422. The second-order valence-electron chi connectivity index (χ2n) is 4.67. The Hall–Kier alpha value is -2.10. The van der Waals surface area contributed by atoms with Gasteiger partial charge in [0, 0.05) is 13.6 Å². The zero-order valence-corrected chi connectivity index (χ0v) is 10.9. The van der Waals surface area contributed by atoms with E-state index in [2.05, 4.69) is 4.98 Å². The summed E-state index contributed by atoms with van der Waals surface area (Å²) in [6, 6.07) is 9.37. The standard InChI is InChI=1S/C15H16FNO2.H2/c1-10(2)13-7-6-11(16)8-14(13)19-9-12-4-3-5-15(18)17-12;/h3-8,10H,9H2,1-2H3,(H,17,18);1H. The molecule has 19 heavy (non-hydrogen) atoms. The molecule has 4 heteroatoms. The summed E-state index contributed by atoms with van der Waals surface area (Å²) in [7, 11) is 0. The first-order valence-corrected chi connectivity index (χ1v) is 6.16. The number of benzene rings is 1. The van der Waals surface area contributed by atoms with Crippen LogP contribution in [-0.2, 0) is 6.61 Å². The van der Waals surface area contributed by atoms with Gasteiger partial charge in [-0.05, 0) is 23.6 Å². The average molecular weight is 263 g/mol. The molecule has 102 valence electrons. The molecular weight excluding hydrogens is 245 g/mol. The fourth-order valence-corrected chi connectivity index (χ4v) is 1.84. The van der Waals surface area contributed by atoms with Gasteiger partial charge in [-0.2, -0.15) is 0 Å². The van der Waals surface area contributed by atoms with Crippen molar-refractivity contribution in [2.45, 2.75) is 26.4 Å². The lowest BCUT2D eigenvalue weighted by Gasteiger charge is -2.14. The van der Waals surface area contributed by atoms with Crippen molar-refractivity contribution >= 4 is 0 Å². The molecule has 2 rings (SSSR count). The van der Waals surface area contributed by atoms with Crippen LogP contribution in [-0.4, -0.2) is 4.98 Å². The molecule has 0 aliphatic carbocycles. The molecule has 0 fully saturated rings. The Morgan fingerprint density at radius 3 is 2.79 bits per heavy atom. The van der Waals surface area contributed by atoms with E-state index in [0.717, 1.165) is 5.56 Å². The first kappa shape index (κ1) is 13.3. The third-order valence-electron chi connectivity index (χ3n) is 2.81. The molecule has 0 amide bonds. The number of H-pyrrole nitrogens is 1. The van der Waals surface area contributed by atoms with Crippen molar-refractivity contribution in [3.63, 3.8) is 0 Å². The molecule has 1 N–H and O–H groups in total. The maximum atomic E-state index is 13.3. The number of rotatable bonds is 4. The molecule has 0 radical (unpaired) electrons. The average Bonchev–Trinajstić information content (AvgIpc) is 2.36. The molecule has 1 aromatic heterocycles. The lowest BCUT2D eigenvalue weighted by atomic mass is 10.0. The quantitative estimate of drug-likeness (QED) is 0.917. The van der Waals surface area contributed by atoms with Crippen molar-refractivity contribution in [1.29, 1.82) is 0 Å². The van der Waals surface area contributed by atoms with E-state index in [1.807, 2.05) is 13.8 Å². The Labute approximate surface area is 112 Å². The minimum absolute atomic E-state index is 0. The van der Waals surface area contributed by atoms with E-state index < -0.39 is 0 Å². The van der Waals surface area contributed by atoms with Crippen LogP contribution in [0.4, 0.5) is 4.39 Å². The Morgan fingerprint density at radius 2 is 2.11 bits per heavy atom. The number of aromatic amines is 1. The van der Waals surface area contributed by atoms with Crippen LogP contribution in [0.2, 0.25) is 0 Å². The topological polar surface area (TPSA) is 42.1 Å². The lowest BCUT2D eigenvalue weighted by molar-refractivity contribution is 0.295. The molecule has 0 aliphatic rings. The number of aromatic nitrogens is 1. The first-order chi connectivity index (χ1) is 9.06. The predicted octanol–water partition coefficient (Wildman–Crippen LogP) is 3.46. The fraction of sp³-hybridized carbons (Fsp3) is 0.267. The molecule has 0 aliphatic heterocycles. The van der Waals surface area contributed by atoms with Crippen LogP contribution in [0.1, 0.15) is 32.4 Å². The van der Waals surface area contributed by atoms with Gasteiger partial charge in [0.25, 0.3) is 0 Å². The van der Waals surface area contributed by atoms with Gasteiger partial charge in [0.05, 0.1) is 5.69 Å². The van der Waals surface area contributed by atoms with E-state index >= 15 is 0 Å². The Bertz CT molecular complexity index is 625. The maximum Gasteiger partial charge on any atom is 0.248 e. The summed E-state index contributed by atoms with van der Waals surface area (Å²) < 4.78 is 18.9. The third kappa shape index (κ3) is 3.44. The van der Waals surface area contributed by atoms with Gasteiger partial charge in [-0.3, -0.25) is 4.79 Å². The lowest BCUT2D eigenvalue weighted by Crippen LogP contribution is -2.09. The van der Waals surface area contributed by atoms with Gasteiger partial charge in [-0.25, -0.2) is 4.39 Å². The summed E-state index contributed by atoms with van der Waals surface area (Å²) in [4.78, 5) is 13.8. The van der Waals surface area contributed by atoms with Crippen LogP contribution in [0.25, 0.3) is 0 Å². The smallest absolute Gasteiger partial charge is 0.248 e. The van der Waals surface area contributed by atoms with Gasteiger partial charge in [-0.15, -0.1) is 0 Å². The third-order valence-corrected chi connectivity index (χ3v) is 2.81. The number of ether oxygens (including phenoxy) is 1. The molecule has 0 spiro atoms. The molecule has 0 unspecified atom stereocenters. The molecule has 0 saturated carbocycles. The largest absolute Gasteiger partial charge is 0.487 e. The van der Waals surface area contributed by atoms with Gasteiger partial charge in [0.15, 0.2) is 0 Å². The zero-order valence-electron chi connectivity index (χ0n) is 10.9. The number of halogens is 1. The highest BCUT2D eigenvalue weighted by molar-refractivity contribution is 5.36. The van der Waals surface area contributed by atoms with E-state index in [-0.39, 0.29) is 25.3 Å². The summed E-state index contributed by atoms with van der Waals surface area (Å²) >= 11 is 0. The Kier molecular flexibility index (Phi) is 4.00. The summed E-state index contributed by atoms with van der Waals surface area (Å²) in [6.45, 7) is 4.24. The van der Waals surface area contributed by atoms with Crippen LogP contribution in [0.3, 0.4) is 0 Å². The molecule has 0 atom stereocenters. The minimum Gasteiger partial charge on any atom is -0.487 e. The fourth-order valence-electron chi connectivity index (χ4n) is 1.84. The zero-order chi connectivity index (χ0) is 13.8. The van der Waals surface area contributed by atoms with Gasteiger partial charge in [0.1, 0.15) is 18.2 Å². The van der Waals surface area contributed by atoms with Gasteiger partial charge < -0.3 is 9.72 Å². The second-order valence-corrected chi connectivity index (χ2v) is 4.67. The predicted molar refractivity (Wildman–Crippen MR) is 74.0 cm³/mol. The van der Waals surface area contributed by atoms with E-state index in [1.165, 1.54) is 18.2 Å². The number of pyridine rings is 1. The van der Waals surface area contributed by atoms with E-state index in [9.17, 15) is 9.18 Å². The summed E-state index contributed by atoms with van der Waals surface area (Å²) in [6.07, 6.45) is 0. The molecule has 2 aromatic rings. The Balaban J connectivity index is 0.00000200. The highest BCUT2D eigenvalue weighted by Gasteiger charge is 2.09. The maximum absolute atomic E-state index is 13.3. The van der Waals surface area contributed by atoms with Crippen LogP contribution < -0.4 is 10.3 Å². The van der Waals surface area contributed by atoms with Crippen LogP contribution in [0.15, 0.2) is 41.2 Å². The van der Waals surface area contributed by atoms with Crippen molar-refractivity contribution in [1.82, 2.24) is 4.98 Å². The van der Waals surface area contributed by atoms with Gasteiger partial charge >= 0.3 is 0 Å². The van der Waals surface area contributed by atoms with Crippen LogP contribution >= 0.6 is 0 Å². The monoisotopic (exact) mass is 263 g/mol. The highest BCUT2D eigenvalue weighted by atomic mass is 19.1. The summed E-state index contributed by atoms with van der Waals surface area (Å²) in [5.41, 5.74) is 1.43. The van der Waals surface area contributed by atoms with Crippen LogP contribution in [0.5, 0.6) is 5.75 Å². The molecular formula is C15H18FNO2. The first-order valence-electron chi connectivity index (χ1n) is 6.16. The number of hydrogen-bond acceptors (Lipinski definition) is 2. The van der Waals surface area contributed by atoms with Gasteiger partial charge in [0.2, 0.25) is 5.56 Å². The van der Waals surface area contributed by atoms with Crippen molar-refractivity contribution in [2.75, 3.05) is 0 Å². The van der Waals surface area contributed by atoms with Crippen molar-refractivity contribution in [3.05, 3.63) is 63.8 Å². The van der Waals surface area contributed by atoms with E-state index in [0.29, 0.717) is 11.4 Å². The minimum atomic E-state index is -0.332. The SMILES string of the molecule is CC(C)c1ccc(F)cc1OCc1cccc(=O)[nH]1.[HH]. The summed E-state index contributed by atoms with van der Waals surface area (Å²) in [5, 5.41) is 0.